The van der Waals surface area contributed by atoms with Crippen molar-refractivity contribution in [3.63, 3.8) is 0 Å². The van der Waals surface area contributed by atoms with E-state index >= 15 is 0 Å². The first-order chi connectivity index (χ1) is 14.0. The smallest absolute Gasteiger partial charge is 0.255 e. The van der Waals surface area contributed by atoms with Crippen LogP contribution < -0.4 is 9.47 Å². The number of fused-ring (bicyclic) bond motifs is 3. The highest BCUT2D eigenvalue weighted by Crippen LogP contribution is 2.49. The van der Waals surface area contributed by atoms with Gasteiger partial charge in [-0.15, -0.1) is 0 Å². The van der Waals surface area contributed by atoms with Gasteiger partial charge in [0.25, 0.3) is 5.92 Å². The number of nitrogens with zero attached hydrogens (tertiary/aromatic N) is 1. The fourth-order valence-electron chi connectivity index (χ4n) is 4.74. The summed E-state index contributed by atoms with van der Waals surface area (Å²) in [5, 5.41) is 10.8. The fraction of sp³-hybridized carbons (Fsp3) is 0.727. The zero-order valence-electron chi connectivity index (χ0n) is 17.9. The molecule has 1 saturated heterocycles. The lowest BCUT2D eigenvalue weighted by atomic mass is 9.84. The topological polar surface area (TPSA) is 51.2 Å². The lowest BCUT2D eigenvalue weighted by Crippen LogP contribution is -2.53. The number of halogens is 3. The van der Waals surface area contributed by atoms with Gasteiger partial charge in [0.2, 0.25) is 0 Å². The molecular formula is C22H30BrF2NO4. The van der Waals surface area contributed by atoms with Crippen LogP contribution in [0.5, 0.6) is 11.5 Å². The van der Waals surface area contributed by atoms with E-state index in [1.807, 2.05) is 26.8 Å². The molecule has 30 heavy (non-hydrogen) atoms. The second-order valence-electron chi connectivity index (χ2n) is 9.63. The molecule has 0 radical (unpaired) electrons. The molecule has 1 saturated carbocycles. The first kappa shape index (κ1) is 22.2. The maximum atomic E-state index is 13.2. The Balaban J connectivity index is 1.58. The van der Waals surface area contributed by atoms with E-state index in [4.69, 9.17) is 14.2 Å². The minimum absolute atomic E-state index is 0.0517. The number of hydrogen-bond acceptors (Lipinski definition) is 5. The highest BCUT2D eigenvalue weighted by molar-refractivity contribution is 9.10. The summed E-state index contributed by atoms with van der Waals surface area (Å²) in [5.41, 5.74) is 1.87. The Morgan fingerprint density at radius 1 is 1.27 bits per heavy atom. The maximum absolute atomic E-state index is 13.2. The zero-order valence-corrected chi connectivity index (χ0v) is 19.5. The average Bonchev–Trinajstić information content (AvgIpc) is 2.61. The third-order valence-corrected chi connectivity index (χ3v) is 6.98. The highest BCUT2D eigenvalue weighted by atomic mass is 79.9. The average molecular weight is 490 g/mol. The van der Waals surface area contributed by atoms with Gasteiger partial charge in [0.1, 0.15) is 6.10 Å². The van der Waals surface area contributed by atoms with Gasteiger partial charge in [0.05, 0.1) is 29.4 Å². The molecule has 3 aliphatic rings. The summed E-state index contributed by atoms with van der Waals surface area (Å²) in [4.78, 5) is 2.35. The monoisotopic (exact) mass is 489 g/mol. The van der Waals surface area contributed by atoms with Crippen molar-refractivity contribution in [2.75, 3.05) is 20.2 Å². The Bertz CT molecular complexity index is 805. The summed E-state index contributed by atoms with van der Waals surface area (Å²) in [6.45, 7) is 7.49. The molecule has 2 aliphatic heterocycles. The number of aliphatic hydroxyl groups is 1. The largest absolute Gasteiger partial charge is 0.493 e. The molecule has 0 bridgehead atoms. The SMILES string of the molecule is COc1cc2c(c(Br)c1OC1CC(F)(F)C1)CCN1C[C@@H](OC(C)(C)C)[C@H](O)C[C@H]21. The Morgan fingerprint density at radius 2 is 1.97 bits per heavy atom. The predicted molar refractivity (Wildman–Crippen MR) is 113 cm³/mol. The summed E-state index contributed by atoms with van der Waals surface area (Å²) >= 11 is 3.65. The standard InChI is InChI=1S/C22H30BrF2NO4/c1-21(2,3)30-18-11-26-6-5-13-14(15(26)8-16(18)27)7-17(28-4)20(19(13)23)29-12-9-22(24,25)10-12/h7,12,15-16,18,27H,5-6,8-11H2,1-4H3/t15-,16-,18-/m1/s1. The van der Waals surface area contributed by atoms with Crippen molar-refractivity contribution in [3.05, 3.63) is 21.7 Å². The van der Waals surface area contributed by atoms with Crippen molar-refractivity contribution in [3.8, 4) is 11.5 Å². The molecule has 0 aromatic heterocycles. The molecule has 1 aliphatic carbocycles. The second kappa shape index (κ2) is 7.87. The number of ether oxygens (including phenoxy) is 3. The third-order valence-electron chi connectivity index (χ3n) is 6.14. The Morgan fingerprint density at radius 3 is 2.57 bits per heavy atom. The van der Waals surface area contributed by atoms with Crippen molar-refractivity contribution in [2.45, 2.75) is 82.3 Å². The van der Waals surface area contributed by atoms with Gasteiger partial charge in [-0.25, -0.2) is 8.78 Å². The number of rotatable bonds is 4. The van der Waals surface area contributed by atoms with E-state index in [-0.39, 0.29) is 30.6 Å². The van der Waals surface area contributed by atoms with Gasteiger partial charge in [-0.3, -0.25) is 4.90 Å². The predicted octanol–water partition coefficient (Wildman–Crippen LogP) is 4.48. The van der Waals surface area contributed by atoms with E-state index in [1.54, 1.807) is 7.11 Å². The zero-order chi connectivity index (χ0) is 21.8. The van der Waals surface area contributed by atoms with E-state index in [0.717, 1.165) is 28.6 Å². The van der Waals surface area contributed by atoms with Crippen molar-refractivity contribution in [1.82, 2.24) is 4.90 Å². The molecule has 2 heterocycles. The summed E-state index contributed by atoms with van der Waals surface area (Å²) in [6.07, 6.45) is -0.459. The first-order valence-corrected chi connectivity index (χ1v) is 11.3. The van der Waals surface area contributed by atoms with Crippen LogP contribution in [0.4, 0.5) is 8.78 Å². The minimum atomic E-state index is -2.64. The molecule has 3 atom stereocenters. The second-order valence-corrected chi connectivity index (χ2v) is 10.4. The molecule has 1 aromatic carbocycles. The van der Waals surface area contributed by atoms with E-state index in [9.17, 15) is 13.9 Å². The van der Waals surface area contributed by atoms with Crippen LogP contribution >= 0.6 is 15.9 Å². The van der Waals surface area contributed by atoms with Gasteiger partial charge < -0.3 is 19.3 Å². The van der Waals surface area contributed by atoms with Crippen LogP contribution in [0, 0.1) is 0 Å². The van der Waals surface area contributed by atoms with Crippen LogP contribution in [0.3, 0.4) is 0 Å². The molecule has 168 valence electrons. The Kier molecular flexibility index (Phi) is 5.83. The van der Waals surface area contributed by atoms with Crippen LogP contribution in [0.2, 0.25) is 0 Å². The normalized spacial score (nSPS) is 29.0. The number of methoxy groups -OCH3 is 1. The highest BCUT2D eigenvalue weighted by Gasteiger charge is 2.48. The third kappa shape index (κ3) is 4.33. The Hall–Kier alpha value is -0.960. The van der Waals surface area contributed by atoms with Gasteiger partial charge in [0, 0.05) is 32.0 Å². The van der Waals surface area contributed by atoms with E-state index in [1.165, 1.54) is 0 Å². The molecule has 5 nitrogen and oxygen atoms in total. The number of aliphatic hydroxyl groups excluding tert-OH is 1. The van der Waals surface area contributed by atoms with Crippen molar-refractivity contribution >= 4 is 15.9 Å². The summed E-state index contributed by atoms with van der Waals surface area (Å²) < 4.78 is 44.8. The number of hydrogen-bond donors (Lipinski definition) is 1. The molecule has 8 heteroatoms. The molecule has 4 rings (SSSR count). The van der Waals surface area contributed by atoms with Gasteiger partial charge in [-0.05, 0) is 66.7 Å². The maximum Gasteiger partial charge on any atom is 0.255 e. The van der Waals surface area contributed by atoms with Gasteiger partial charge in [-0.1, -0.05) is 0 Å². The molecule has 0 amide bonds. The van der Waals surface area contributed by atoms with Crippen LogP contribution in [0.25, 0.3) is 0 Å². The van der Waals surface area contributed by atoms with Crippen molar-refractivity contribution in [2.24, 2.45) is 0 Å². The molecular weight excluding hydrogens is 460 g/mol. The lowest BCUT2D eigenvalue weighted by molar-refractivity contribution is -0.149. The molecule has 1 N–H and O–H groups in total. The van der Waals surface area contributed by atoms with E-state index < -0.39 is 18.1 Å². The van der Waals surface area contributed by atoms with Crippen molar-refractivity contribution < 1.29 is 28.1 Å². The van der Waals surface area contributed by atoms with E-state index in [2.05, 4.69) is 20.8 Å². The van der Waals surface area contributed by atoms with Crippen LogP contribution in [-0.4, -0.2) is 60.0 Å². The van der Waals surface area contributed by atoms with Gasteiger partial charge >= 0.3 is 0 Å². The molecule has 0 spiro atoms. The van der Waals surface area contributed by atoms with Gasteiger partial charge in [0.15, 0.2) is 11.5 Å². The summed E-state index contributed by atoms with van der Waals surface area (Å²) in [5.74, 6) is -1.61. The van der Waals surface area contributed by atoms with Crippen LogP contribution in [0.15, 0.2) is 10.5 Å². The number of piperidine rings is 1. The minimum Gasteiger partial charge on any atom is -0.493 e. The summed E-state index contributed by atoms with van der Waals surface area (Å²) in [6, 6.07) is 2.00. The lowest BCUT2D eigenvalue weighted by Gasteiger charge is -2.47. The van der Waals surface area contributed by atoms with Crippen molar-refractivity contribution in [1.29, 1.82) is 0 Å². The number of benzene rings is 1. The Labute approximate surface area is 184 Å². The first-order valence-electron chi connectivity index (χ1n) is 10.5. The fourth-order valence-corrected chi connectivity index (χ4v) is 5.46. The van der Waals surface area contributed by atoms with Gasteiger partial charge in [-0.2, -0.15) is 0 Å². The quantitative estimate of drug-likeness (QED) is 0.675. The van der Waals surface area contributed by atoms with E-state index in [0.29, 0.717) is 24.5 Å². The molecule has 2 fully saturated rings. The molecule has 1 aromatic rings. The van der Waals surface area contributed by atoms with Crippen LogP contribution in [0.1, 0.15) is 57.2 Å². The molecule has 0 unspecified atom stereocenters. The van der Waals surface area contributed by atoms with Crippen LogP contribution in [-0.2, 0) is 11.2 Å². The summed E-state index contributed by atoms with van der Waals surface area (Å²) in [7, 11) is 1.56. The number of alkyl halides is 2.